The number of nitrogens with zero attached hydrogens (tertiary/aromatic N) is 3. The Morgan fingerprint density at radius 1 is 1.50 bits per heavy atom. The van der Waals surface area contributed by atoms with Gasteiger partial charge in [-0.1, -0.05) is 0 Å². The molecule has 0 aliphatic rings. The number of anilines is 1. The summed E-state index contributed by atoms with van der Waals surface area (Å²) in [7, 11) is 1.95. The van der Waals surface area contributed by atoms with Crippen molar-refractivity contribution in [2.45, 2.75) is 13.5 Å². The second kappa shape index (κ2) is 5.51. The molecule has 0 aromatic carbocycles. The Balaban J connectivity index is 2.24. The van der Waals surface area contributed by atoms with Crippen LogP contribution in [0.2, 0.25) is 0 Å². The second-order valence-electron chi connectivity index (χ2n) is 4.00. The number of rotatable bonds is 3. The van der Waals surface area contributed by atoms with Gasteiger partial charge in [-0.05, 0) is 41.1 Å². The molecule has 0 atom stereocenters. The molecule has 0 saturated heterocycles. The molecular weight excluding hydrogens is 310 g/mol. The van der Waals surface area contributed by atoms with E-state index in [1.165, 1.54) is 9.75 Å². The van der Waals surface area contributed by atoms with Gasteiger partial charge in [-0.25, -0.2) is 4.98 Å². The maximum Gasteiger partial charge on any atom is 0.146 e. The zero-order valence-electron chi connectivity index (χ0n) is 10.1. The molecule has 0 spiro atoms. The summed E-state index contributed by atoms with van der Waals surface area (Å²) in [6.45, 7) is 2.86. The van der Waals surface area contributed by atoms with Crippen LogP contribution in [0.3, 0.4) is 0 Å². The van der Waals surface area contributed by atoms with Crippen LogP contribution < -0.4 is 4.90 Å². The molecule has 0 N–H and O–H groups in total. The zero-order chi connectivity index (χ0) is 13.1. The first-order valence-corrected chi connectivity index (χ1v) is 7.03. The maximum absolute atomic E-state index is 9.13. The van der Waals surface area contributed by atoms with Crippen LogP contribution in [0.1, 0.15) is 15.3 Å². The highest BCUT2D eigenvalue weighted by Gasteiger charge is 2.10. The van der Waals surface area contributed by atoms with Crippen molar-refractivity contribution in [2.24, 2.45) is 0 Å². The number of thiophene rings is 1. The van der Waals surface area contributed by atoms with E-state index in [0.29, 0.717) is 11.4 Å². The van der Waals surface area contributed by atoms with E-state index < -0.39 is 0 Å². The lowest BCUT2D eigenvalue weighted by Gasteiger charge is -2.18. The van der Waals surface area contributed by atoms with E-state index in [2.05, 4.69) is 46.0 Å². The summed E-state index contributed by atoms with van der Waals surface area (Å²) in [5.41, 5.74) is 0.583. The number of hydrogen-bond donors (Lipinski definition) is 0. The van der Waals surface area contributed by atoms with E-state index in [1.807, 2.05) is 11.9 Å². The summed E-state index contributed by atoms with van der Waals surface area (Å²) in [5, 5.41) is 9.13. The molecular formula is C13H12BrN3S. The molecule has 0 bridgehead atoms. The van der Waals surface area contributed by atoms with Crippen molar-refractivity contribution in [1.29, 1.82) is 5.26 Å². The number of nitriles is 1. The third-order valence-electron chi connectivity index (χ3n) is 2.50. The van der Waals surface area contributed by atoms with Gasteiger partial charge in [0.25, 0.3) is 0 Å². The van der Waals surface area contributed by atoms with Crippen LogP contribution in [-0.2, 0) is 6.54 Å². The Morgan fingerprint density at radius 3 is 2.89 bits per heavy atom. The lowest BCUT2D eigenvalue weighted by molar-refractivity contribution is 0.908. The van der Waals surface area contributed by atoms with Crippen molar-refractivity contribution in [1.82, 2.24) is 4.98 Å². The van der Waals surface area contributed by atoms with Gasteiger partial charge in [-0.3, -0.25) is 0 Å². The van der Waals surface area contributed by atoms with Gasteiger partial charge in [0.1, 0.15) is 11.9 Å². The lowest BCUT2D eigenvalue weighted by Crippen LogP contribution is -2.18. The van der Waals surface area contributed by atoms with Gasteiger partial charge in [-0.2, -0.15) is 5.26 Å². The summed E-state index contributed by atoms with van der Waals surface area (Å²) >= 11 is 5.09. The van der Waals surface area contributed by atoms with Crippen LogP contribution >= 0.6 is 27.3 Å². The minimum atomic E-state index is 0.583. The molecule has 2 rings (SSSR count). The normalized spacial score (nSPS) is 10.1. The van der Waals surface area contributed by atoms with Crippen LogP contribution in [0.25, 0.3) is 0 Å². The smallest absolute Gasteiger partial charge is 0.146 e. The third kappa shape index (κ3) is 2.89. The van der Waals surface area contributed by atoms with Crippen molar-refractivity contribution in [2.75, 3.05) is 11.9 Å². The maximum atomic E-state index is 9.13. The second-order valence-corrected chi connectivity index (χ2v) is 6.29. The van der Waals surface area contributed by atoms with Gasteiger partial charge in [0.2, 0.25) is 0 Å². The van der Waals surface area contributed by atoms with Crippen molar-refractivity contribution < 1.29 is 0 Å². The Hall–Kier alpha value is -1.38. The van der Waals surface area contributed by atoms with Gasteiger partial charge < -0.3 is 4.90 Å². The van der Waals surface area contributed by atoms with Gasteiger partial charge in [0.05, 0.1) is 12.1 Å². The molecule has 0 aliphatic carbocycles. The van der Waals surface area contributed by atoms with Crippen LogP contribution in [-0.4, -0.2) is 12.0 Å². The highest BCUT2D eigenvalue weighted by atomic mass is 79.9. The van der Waals surface area contributed by atoms with Crippen molar-refractivity contribution in [3.05, 3.63) is 44.2 Å². The van der Waals surface area contributed by atoms with E-state index in [1.54, 1.807) is 23.6 Å². The van der Waals surface area contributed by atoms with Gasteiger partial charge in [-0.15, -0.1) is 11.3 Å². The van der Waals surface area contributed by atoms with Gasteiger partial charge in [0, 0.05) is 27.5 Å². The molecule has 0 aliphatic heterocycles. The van der Waals surface area contributed by atoms with Crippen molar-refractivity contribution in [3.8, 4) is 6.07 Å². The SMILES string of the molecule is Cc1ccc(CN(C)c2ncc(Br)cc2C#N)s1. The number of hydrogen-bond acceptors (Lipinski definition) is 4. The summed E-state index contributed by atoms with van der Waals surface area (Å²) in [6.07, 6.45) is 1.71. The first-order chi connectivity index (χ1) is 8.60. The Labute approximate surface area is 119 Å². The first-order valence-electron chi connectivity index (χ1n) is 5.42. The van der Waals surface area contributed by atoms with E-state index in [9.17, 15) is 0 Å². The average Bonchev–Trinajstić information content (AvgIpc) is 2.74. The highest BCUT2D eigenvalue weighted by molar-refractivity contribution is 9.10. The summed E-state index contributed by atoms with van der Waals surface area (Å²) in [5.74, 6) is 0.715. The quantitative estimate of drug-likeness (QED) is 0.864. The fourth-order valence-corrected chi connectivity index (χ4v) is 2.97. The van der Waals surface area contributed by atoms with Gasteiger partial charge in [0.15, 0.2) is 0 Å². The molecule has 5 heteroatoms. The number of aryl methyl sites for hydroxylation is 1. The molecule has 2 heterocycles. The van der Waals surface area contributed by atoms with Crippen LogP contribution in [0.5, 0.6) is 0 Å². The predicted molar refractivity (Wildman–Crippen MR) is 77.8 cm³/mol. The molecule has 0 amide bonds. The summed E-state index contributed by atoms with van der Waals surface area (Å²) in [4.78, 5) is 8.87. The molecule has 0 fully saturated rings. The number of pyridine rings is 1. The van der Waals surface area contributed by atoms with E-state index in [-0.39, 0.29) is 0 Å². The topological polar surface area (TPSA) is 39.9 Å². The average molecular weight is 322 g/mol. The first kappa shape index (κ1) is 13.1. The monoisotopic (exact) mass is 321 g/mol. The fourth-order valence-electron chi connectivity index (χ4n) is 1.70. The Bertz CT molecular complexity index is 601. The fraction of sp³-hybridized carbons (Fsp3) is 0.231. The molecule has 0 radical (unpaired) electrons. The number of aromatic nitrogens is 1. The van der Waals surface area contributed by atoms with Crippen LogP contribution in [0, 0.1) is 18.3 Å². The van der Waals surface area contributed by atoms with E-state index in [4.69, 9.17) is 5.26 Å². The molecule has 18 heavy (non-hydrogen) atoms. The zero-order valence-corrected chi connectivity index (χ0v) is 12.5. The standard InChI is InChI=1S/C13H12BrN3S/c1-9-3-4-12(18-9)8-17(2)13-10(6-15)5-11(14)7-16-13/h3-5,7H,8H2,1-2H3. The highest BCUT2D eigenvalue weighted by Crippen LogP contribution is 2.23. The van der Waals surface area contributed by atoms with Crippen LogP contribution in [0.4, 0.5) is 5.82 Å². The Kier molecular flexibility index (Phi) is 4.00. The third-order valence-corrected chi connectivity index (χ3v) is 3.92. The number of halogens is 1. The molecule has 0 unspecified atom stereocenters. The molecule has 3 nitrogen and oxygen atoms in total. The van der Waals surface area contributed by atoms with Crippen LogP contribution in [0.15, 0.2) is 28.9 Å². The van der Waals surface area contributed by atoms with Crippen molar-refractivity contribution >= 4 is 33.1 Å². The van der Waals surface area contributed by atoms with E-state index in [0.717, 1.165) is 11.0 Å². The van der Waals surface area contributed by atoms with Gasteiger partial charge >= 0.3 is 0 Å². The minimum Gasteiger partial charge on any atom is -0.353 e. The minimum absolute atomic E-state index is 0.583. The largest absolute Gasteiger partial charge is 0.353 e. The molecule has 2 aromatic rings. The summed E-state index contributed by atoms with van der Waals surface area (Å²) in [6, 6.07) is 8.19. The molecule has 2 aromatic heterocycles. The molecule has 92 valence electrons. The van der Waals surface area contributed by atoms with Crippen molar-refractivity contribution in [3.63, 3.8) is 0 Å². The predicted octanol–water partition coefficient (Wildman–Crippen LogP) is 3.72. The summed E-state index contributed by atoms with van der Waals surface area (Å²) < 4.78 is 0.822. The Morgan fingerprint density at radius 2 is 2.28 bits per heavy atom. The molecule has 0 saturated carbocycles. The van der Waals surface area contributed by atoms with E-state index >= 15 is 0 Å². The lowest BCUT2D eigenvalue weighted by atomic mass is 10.2.